The largest absolute Gasteiger partial charge is 0.472 e. The van der Waals surface area contributed by atoms with E-state index in [1.807, 2.05) is 0 Å². The van der Waals surface area contributed by atoms with Crippen LogP contribution in [0, 0.1) is 5.82 Å². The molecule has 1 unspecified atom stereocenters. The summed E-state index contributed by atoms with van der Waals surface area (Å²) in [5, 5.41) is 3.12. The first-order chi connectivity index (χ1) is 13.7. The molecule has 28 heavy (non-hydrogen) atoms. The minimum absolute atomic E-state index is 0.0182. The van der Waals surface area contributed by atoms with E-state index in [1.165, 1.54) is 18.9 Å². The molecule has 1 aliphatic heterocycles. The van der Waals surface area contributed by atoms with Crippen molar-refractivity contribution >= 4 is 5.91 Å². The molecule has 1 N–H and O–H groups in total. The number of ether oxygens (including phenoxy) is 2. The van der Waals surface area contributed by atoms with Gasteiger partial charge in [-0.1, -0.05) is 31.0 Å². The number of pyridine rings is 1. The SMILES string of the molecule is O=C(NC1CCOC2(CCCC2)C1)c1cccnc1OCc1ccccc1F. The lowest BCUT2D eigenvalue weighted by atomic mass is 9.89. The van der Waals surface area contributed by atoms with Gasteiger partial charge in [0.05, 0.1) is 5.60 Å². The molecule has 2 heterocycles. The van der Waals surface area contributed by atoms with Gasteiger partial charge in [0, 0.05) is 24.4 Å². The average molecular weight is 384 g/mol. The van der Waals surface area contributed by atoms with Crippen molar-refractivity contribution in [3.63, 3.8) is 0 Å². The third kappa shape index (κ3) is 4.17. The smallest absolute Gasteiger partial charge is 0.256 e. The van der Waals surface area contributed by atoms with Gasteiger partial charge in [-0.25, -0.2) is 9.37 Å². The van der Waals surface area contributed by atoms with Gasteiger partial charge in [0.25, 0.3) is 5.91 Å². The number of benzene rings is 1. The van der Waals surface area contributed by atoms with Crippen molar-refractivity contribution in [3.8, 4) is 5.88 Å². The monoisotopic (exact) mass is 384 g/mol. The summed E-state index contributed by atoms with van der Waals surface area (Å²) in [4.78, 5) is 17.0. The first-order valence-electron chi connectivity index (χ1n) is 9.91. The van der Waals surface area contributed by atoms with Gasteiger partial charge in [-0.15, -0.1) is 0 Å². The van der Waals surface area contributed by atoms with E-state index in [-0.39, 0.29) is 35.9 Å². The number of amides is 1. The van der Waals surface area contributed by atoms with Crippen molar-refractivity contribution in [1.29, 1.82) is 0 Å². The Hall–Kier alpha value is -2.47. The van der Waals surface area contributed by atoms with Crippen LogP contribution in [-0.4, -0.2) is 29.1 Å². The fourth-order valence-corrected chi connectivity index (χ4v) is 4.22. The predicted octanol–water partition coefficient (Wildman–Crippen LogP) is 4.02. The first-order valence-corrected chi connectivity index (χ1v) is 9.91. The van der Waals surface area contributed by atoms with Gasteiger partial charge in [0.1, 0.15) is 18.0 Å². The second kappa shape index (κ2) is 8.27. The van der Waals surface area contributed by atoms with Crippen molar-refractivity contribution in [1.82, 2.24) is 10.3 Å². The average Bonchev–Trinajstić information content (AvgIpc) is 3.15. The molecule has 1 amide bonds. The van der Waals surface area contributed by atoms with Gasteiger partial charge in [-0.05, 0) is 43.9 Å². The fourth-order valence-electron chi connectivity index (χ4n) is 4.22. The molecular formula is C22H25FN2O3. The summed E-state index contributed by atoms with van der Waals surface area (Å²) in [6.07, 6.45) is 7.75. The molecule has 1 saturated carbocycles. The minimum atomic E-state index is -0.339. The summed E-state index contributed by atoms with van der Waals surface area (Å²) < 4.78 is 25.5. The van der Waals surface area contributed by atoms with Crippen molar-refractivity contribution in [2.24, 2.45) is 0 Å². The normalized spacial score (nSPS) is 20.8. The van der Waals surface area contributed by atoms with Crippen molar-refractivity contribution in [2.75, 3.05) is 6.61 Å². The van der Waals surface area contributed by atoms with Crippen molar-refractivity contribution in [2.45, 2.75) is 56.8 Å². The van der Waals surface area contributed by atoms with E-state index in [0.717, 1.165) is 25.7 Å². The van der Waals surface area contributed by atoms with Gasteiger partial charge in [-0.2, -0.15) is 0 Å². The number of carbonyl (C=O) groups is 1. The molecule has 6 heteroatoms. The molecule has 0 radical (unpaired) electrons. The highest BCUT2D eigenvalue weighted by Crippen LogP contribution is 2.40. The summed E-state index contributed by atoms with van der Waals surface area (Å²) >= 11 is 0. The second-order valence-electron chi connectivity index (χ2n) is 7.64. The summed E-state index contributed by atoms with van der Waals surface area (Å²) in [5.41, 5.74) is 0.730. The molecule has 1 aliphatic carbocycles. The Morgan fingerprint density at radius 2 is 2.07 bits per heavy atom. The van der Waals surface area contributed by atoms with E-state index in [1.54, 1.807) is 36.5 Å². The van der Waals surface area contributed by atoms with E-state index in [0.29, 0.717) is 17.7 Å². The number of halogens is 1. The Kier molecular flexibility index (Phi) is 5.57. The highest BCUT2D eigenvalue weighted by atomic mass is 19.1. The molecule has 1 saturated heterocycles. The third-order valence-electron chi connectivity index (χ3n) is 5.68. The Labute approximate surface area is 164 Å². The number of nitrogens with zero attached hydrogens (tertiary/aromatic N) is 1. The van der Waals surface area contributed by atoms with Crippen molar-refractivity contribution in [3.05, 3.63) is 59.5 Å². The van der Waals surface area contributed by atoms with Crippen LogP contribution in [0.15, 0.2) is 42.6 Å². The van der Waals surface area contributed by atoms with Crippen LogP contribution >= 0.6 is 0 Å². The lowest BCUT2D eigenvalue weighted by Gasteiger charge is -2.38. The van der Waals surface area contributed by atoms with E-state index >= 15 is 0 Å². The number of rotatable bonds is 5. The van der Waals surface area contributed by atoms with Crippen LogP contribution < -0.4 is 10.1 Å². The van der Waals surface area contributed by atoms with Gasteiger partial charge in [-0.3, -0.25) is 4.79 Å². The minimum Gasteiger partial charge on any atom is -0.472 e. The van der Waals surface area contributed by atoms with E-state index in [9.17, 15) is 9.18 Å². The van der Waals surface area contributed by atoms with E-state index in [4.69, 9.17) is 9.47 Å². The molecular weight excluding hydrogens is 359 g/mol. The molecule has 148 valence electrons. The summed E-state index contributed by atoms with van der Waals surface area (Å²) in [6.45, 7) is 0.693. The zero-order chi connectivity index (χ0) is 19.4. The molecule has 2 aromatic rings. The summed E-state index contributed by atoms with van der Waals surface area (Å²) in [7, 11) is 0. The lowest BCUT2D eigenvalue weighted by Crippen LogP contribution is -2.47. The third-order valence-corrected chi connectivity index (χ3v) is 5.68. The second-order valence-corrected chi connectivity index (χ2v) is 7.64. The number of carbonyl (C=O) groups excluding carboxylic acids is 1. The fraction of sp³-hybridized carbons (Fsp3) is 0.455. The molecule has 1 atom stereocenters. The van der Waals surface area contributed by atoms with E-state index in [2.05, 4.69) is 10.3 Å². The van der Waals surface area contributed by atoms with Crippen LogP contribution in [0.2, 0.25) is 0 Å². The number of nitrogens with one attached hydrogen (secondary N) is 1. The maximum Gasteiger partial charge on any atom is 0.256 e. The number of hydrogen-bond donors (Lipinski definition) is 1. The van der Waals surface area contributed by atoms with Crippen LogP contribution in [0.4, 0.5) is 4.39 Å². The Balaban J connectivity index is 1.42. The van der Waals surface area contributed by atoms with Crippen LogP contribution in [-0.2, 0) is 11.3 Å². The van der Waals surface area contributed by atoms with Gasteiger partial charge >= 0.3 is 0 Å². The Morgan fingerprint density at radius 1 is 1.25 bits per heavy atom. The lowest BCUT2D eigenvalue weighted by molar-refractivity contribution is -0.0823. The quantitative estimate of drug-likeness (QED) is 0.846. The molecule has 1 spiro atoms. The first kappa shape index (κ1) is 18.9. The van der Waals surface area contributed by atoms with Crippen LogP contribution in [0.3, 0.4) is 0 Å². The summed E-state index contributed by atoms with van der Waals surface area (Å²) in [5.74, 6) is -0.337. The van der Waals surface area contributed by atoms with Crippen LogP contribution in [0.25, 0.3) is 0 Å². The van der Waals surface area contributed by atoms with Gasteiger partial charge < -0.3 is 14.8 Å². The molecule has 1 aromatic carbocycles. The zero-order valence-electron chi connectivity index (χ0n) is 15.8. The Morgan fingerprint density at radius 3 is 2.89 bits per heavy atom. The Bertz CT molecular complexity index is 836. The van der Waals surface area contributed by atoms with Crippen LogP contribution in [0.1, 0.15) is 54.4 Å². The molecule has 0 bridgehead atoms. The van der Waals surface area contributed by atoms with Crippen molar-refractivity contribution < 1.29 is 18.7 Å². The maximum atomic E-state index is 13.8. The standard InChI is InChI=1S/C22H25FN2O3/c23-19-8-2-1-6-16(19)15-27-21-18(7-5-12-24-21)20(26)25-17-9-13-28-22(14-17)10-3-4-11-22/h1-2,5-8,12,17H,3-4,9-11,13-15H2,(H,25,26). The zero-order valence-corrected chi connectivity index (χ0v) is 15.8. The van der Waals surface area contributed by atoms with Gasteiger partial charge in [0.2, 0.25) is 5.88 Å². The predicted molar refractivity (Wildman–Crippen MR) is 103 cm³/mol. The maximum absolute atomic E-state index is 13.8. The van der Waals surface area contributed by atoms with E-state index < -0.39 is 0 Å². The molecule has 4 rings (SSSR count). The highest BCUT2D eigenvalue weighted by molar-refractivity contribution is 5.96. The number of hydrogen-bond acceptors (Lipinski definition) is 4. The highest BCUT2D eigenvalue weighted by Gasteiger charge is 2.40. The molecule has 2 fully saturated rings. The molecule has 1 aromatic heterocycles. The molecule has 5 nitrogen and oxygen atoms in total. The van der Waals surface area contributed by atoms with Gasteiger partial charge in [0.15, 0.2) is 0 Å². The number of aromatic nitrogens is 1. The van der Waals surface area contributed by atoms with Crippen LogP contribution in [0.5, 0.6) is 5.88 Å². The molecule has 2 aliphatic rings. The summed E-state index contributed by atoms with van der Waals surface area (Å²) in [6, 6.07) is 9.88. The topological polar surface area (TPSA) is 60.5 Å².